The fourth-order valence-electron chi connectivity index (χ4n) is 2.38. The van der Waals surface area contributed by atoms with Crippen molar-refractivity contribution < 1.29 is 9.90 Å². The summed E-state index contributed by atoms with van der Waals surface area (Å²) in [5.74, 6) is 0.0715. The van der Waals surface area contributed by atoms with Gasteiger partial charge in [-0.05, 0) is 38.1 Å². The molecule has 17 heavy (non-hydrogen) atoms. The highest BCUT2D eigenvalue weighted by atomic mass is 16.3. The van der Waals surface area contributed by atoms with Crippen LogP contribution >= 0.6 is 0 Å². The van der Waals surface area contributed by atoms with Crippen LogP contribution in [0.4, 0.5) is 0 Å². The Labute approximate surface area is 102 Å². The third-order valence-corrected chi connectivity index (χ3v) is 3.35. The quantitative estimate of drug-likeness (QED) is 0.811. The summed E-state index contributed by atoms with van der Waals surface area (Å²) >= 11 is 0. The first-order valence-electron chi connectivity index (χ1n) is 6.23. The number of phenols is 1. The monoisotopic (exact) mass is 233 g/mol. The van der Waals surface area contributed by atoms with Gasteiger partial charge in [0.2, 0.25) is 0 Å². The lowest BCUT2D eigenvalue weighted by Crippen LogP contribution is -2.29. The second-order valence-electron chi connectivity index (χ2n) is 4.79. The van der Waals surface area contributed by atoms with Gasteiger partial charge in [0.25, 0.3) is 0 Å². The van der Waals surface area contributed by atoms with Crippen molar-refractivity contribution in [3.63, 3.8) is 0 Å². The Bertz CT molecular complexity index is 397. The molecule has 1 fully saturated rings. The van der Waals surface area contributed by atoms with E-state index >= 15 is 0 Å². The molecule has 3 nitrogen and oxygen atoms in total. The van der Waals surface area contributed by atoms with Gasteiger partial charge in [0, 0.05) is 12.5 Å². The first-order valence-corrected chi connectivity index (χ1v) is 6.23. The fourth-order valence-corrected chi connectivity index (χ4v) is 2.38. The molecule has 0 aromatic heterocycles. The summed E-state index contributed by atoms with van der Waals surface area (Å²) in [5, 5.41) is 9.66. The van der Waals surface area contributed by atoms with Gasteiger partial charge in [-0.15, -0.1) is 0 Å². The minimum atomic E-state index is -0.0543. The van der Waals surface area contributed by atoms with E-state index in [1.165, 1.54) is 12.8 Å². The number of para-hydroxylation sites is 1. The van der Waals surface area contributed by atoms with Crippen LogP contribution in [0.3, 0.4) is 0 Å². The Morgan fingerprint density at radius 2 is 2.00 bits per heavy atom. The lowest BCUT2D eigenvalue weighted by molar-refractivity contribution is 0.0900. The summed E-state index contributed by atoms with van der Waals surface area (Å²) in [5.41, 5.74) is 0.444. The summed E-state index contributed by atoms with van der Waals surface area (Å²) in [6.07, 6.45) is 2.47. The Balaban J connectivity index is 2.01. The molecule has 1 saturated heterocycles. The van der Waals surface area contributed by atoms with E-state index in [1.807, 2.05) is 6.92 Å². The highest BCUT2D eigenvalue weighted by Crippen LogP contribution is 2.21. The highest BCUT2D eigenvalue weighted by molar-refractivity contribution is 6.00. The summed E-state index contributed by atoms with van der Waals surface area (Å²) in [6, 6.07) is 6.78. The number of likely N-dealkylation sites (tertiary alicyclic amines) is 1. The van der Waals surface area contributed by atoms with Crippen LogP contribution in [0, 0.1) is 5.92 Å². The minimum absolute atomic E-state index is 0.0370. The van der Waals surface area contributed by atoms with Crippen molar-refractivity contribution in [1.82, 2.24) is 4.90 Å². The number of ketones is 1. The van der Waals surface area contributed by atoms with Crippen LogP contribution in [0.25, 0.3) is 0 Å². The summed E-state index contributed by atoms with van der Waals surface area (Å²) < 4.78 is 0. The minimum Gasteiger partial charge on any atom is -0.507 e. The zero-order chi connectivity index (χ0) is 12.3. The van der Waals surface area contributed by atoms with Crippen molar-refractivity contribution in [2.24, 2.45) is 5.92 Å². The number of nitrogens with zero attached hydrogens (tertiary/aromatic N) is 1. The number of benzene rings is 1. The van der Waals surface area contributed by atoms with E-state index in [0.29, 0.717) is 5.56 Å². The molecule has 0 amide bonds. The molecule has 1 unspecified atom stereocenters. The number of rotatable bonds is 4. The number of hydrogen-bond donors (Lipinski definition) is 1. The molecule has 2 rings (SSSR count). The summed E-state index contributed by atoms with van der Waals surface area (Å²) in [4.78, 5) is 14.5. The molecule has 0 spiro atoms. The van der Waals surface area contributed by atoms with E-state index in [0.717, 1.165) is 19.6 Å². The SMILES string of the molecule is CC(CN1CCCC1)C(=O)c1ccccc1O. The molecule has 0 radical (unpaired) electrons. The van der Waals surface area contributed by atoms with Gasteiger partial charge < -0.3 is 10.0 Å². The van der Waals surface area contributed by atoms with Crippen molar-refractivity contribution in [2.75, 3.05) is 19.6 Å². The normalized spacial score (nSPS) is 18.2. The van der Waals surface area contributed by atoms with Crippen LogP contribution in [0.15, 0.2) is 24.3 Å². The molecular weight excluding hydrogens is 214 g/mol. The molecule has 0 bridgehead atoms. The average molecular weight is 233 g/mol. The van der Waals surface area contributed by atoms with E-state index in [4.69, 9.17) is 0 Å². The predicted molar refractivity (Wildman–Crippen MR) is 67.3 cm³/mol. The van der Waals surface area contributed by atoms with E-state index in [9.17, 15) is 9.90 Å². The van der Waals surface area contributed by atoms with Crippen LogP contribution in [-0.4, -0.2) is 35.4 Å². The van der Waals surface area contributed by atoms with Crippen LogP contribution in [0.1, 0.15) is 30.1 Å². The maximum atomic E-state index is 12.2. The van der Waals surface area contributed by atoms with Crippen LogP contribution in [0.2, 0.25) is 0 Å². The maximum absolute atomic E-state index is 12.2. The lowest BCUT2D eigenvalue weighted by Gasteiger charge is -2.19. The predicted octanol–water partition coefficient (Wildman–Crippen LogP) is 2.31. The van der Waals surface area contributed by atoms with Gasteiger partial charge in [-0.1, -0.05) is 19.1 Å². The molecule has 92 valence electrons. The van der Waals surface area contributed by atoms with E-state index < -0.39 is 0 Å². The standard InChI is InChI=1S/C14H19NO2/c1-11(10-15-8-4-5-9-15)14(17)12-6-2-3-7-13(12)16/h2-3,6-7,11,16H,4-5,8-10H2,1H3. The zero-order valence-corrected chi connectivity index (χ0v) is 10.2. The molecular formula is C14H19NO2. The van der Waals surface area contributed by atoms with Gasteiger partial charge >= 0.3 is 0 Å². The van der Waals surface area contributed by atoms with Gasteiger partial charge in [0.1, 0.15) is 5.75 Å². The number of carbonyl (C=O) groups is 1. The molecule has 0 aliphatic carbocycles. The Hall–Kier alpha value is -1.35. The Kier molecular flexibility index (Phi) is 3.79. The van der Waals surface area contributed by atoms with Gasteiger partial charge in [0.15, 0.2) is 5.78 Å². The van der Waals surface area contributed by atoms with Crippen molar-refractivity contribution in [3.8, 4) is 5.75 Å². The average Bonchev–Trinajstić information content (AvgIpc) is 2.81. The number of hydrogen-bond acceptors (Lipinski definition) is 3. The van der Waals surface area contributed by atoms with Crippen LogP contribution < -0.4 is 0 Å². The van der Waals surface area contributed by atoms with E-state index in [1.54, 1.807) is 24.3 Å². The summed E-state index contributed by atoms with van der Waals surface area (Å²) in [7, 11) is 0. The second kappa shape index (κ2) is 5.32. The van der Waals surface area contributed by atoms with Crippen molar-refractivity contribution >= 4 is 5.78 Å². The molecule has 1 aliphatic rings. The molecule has 3 heteroatoms. The van der Waals surface area contributed by atoms with Gasteiger partial charge in [-0.2, -0.15) is 0 Å². The number of Topliss-reactive ketones (excluding diaryl/α,β-unsaturated/α-hetero) is 1. The van der Waals surface area contributed by atoms with Crippen LogP contribution in [0.5, 0.6) is 5.75 Å². The summed E-state index contributed by atoms with van der Waals surface area (Å²) in [6.45, 7) is 4.93. The Morgan fingerprint density at radius 3 is 2.65 bits per heavy atom. The van der Waals surface area contributed by atoms with Gasteiger partial charge in [0.05, 0.1) is 5.56 Å². The highest BCUT2D eigenvalue weighted by Gasteiger charge is 2.22. The molecule has 1 heterocycles. The smallest absolute Gasteiger partial charge is 0.170 e. The molecule has 1 N–H and O–H groups in total. The van der Waals surface area contributed by atoms with Crippen molar-refractivity contribution in [2.45, 2.75) is 19.8 Å². The fraction of sp³-hybridized carbons (Fsp3) is 0.500. The first-order chi connectivity index (χ1) is 8.18. The molecule has 1 aromatic rings. The van der Waals surface area contributed by atoms with Crippen LogP contribution in [-0.2, 0) is 0 Å². The van der Waals surface area contributed by atoms with Gasteiger partial charge in [-0.3, -0.25) is 4.79 Å². The molecule has 1 atom stereocenters. The van der Waals surface area contributed by atoms with Crippen molar-refractivity contribution in [1.29, 1.82) is 0 Å². The second-order valence-corrected chi connectivity index (χ2v) is 4.79. The molecule has 1 aliphatic heterocycles. The third kappa shape index (κ3) is 2.86. The van der Waals surface area contributed by atoms with E-state index in [2.05, 4.69) is 4.90 Å². The third-order valence-electron chi connectivity index (χ3n) is 3.35. The zero-order valence-electron chi connectivity index (χ0n) is 10.2. The largest absolute Gasteiger partial charge is 0.507 e. The first kappa shape index (κ1) is 12.1. The van der Waals surface area contributed by atoms with Crippen molar-refractivity contribution in [3.05, 3.63) is 29.8 Å². The topological polar surface area (TPSA) is 40.5 Å². The van der Waals surface area contributed by atoms with Gasteiger partial charge in [-0.25, -0.2) is 0 Å². The number of phenolic OH excluding ortho intramolecular Hbond substituents is 1. The lowest BCUT2D eigenvalue weighted by atomic mass is 9.98. The maximum Gasteiger partial charge on any atom is 0.170 e. The Morgan fingerprint density at radius 1 is 1.35 bits per heavy atom. The number of aromatic hydroxyl groups is 1. The molecule has 0 saturated carbocycles. The molecule has 1 aromatic carbocycles. The van der Waals surface area contributed by atoms with E-state index in [-0.39, 0.29) is 17.5 Å². The number of carbonyl (C=O) groups excluding carboxylic acids is 1.